The van der Waals surface area contributed by atoms with Gasteiger partial charge in [0, 0.05) is 0 Å². The van der Waals surface area contributed by atoms with Crippen molar-refractivity contribution in [3.63, 3.8) is 0 Å². The predicted molar refractivity (Wildman–Crippen MR) is 45.8 cm³/mol. The largest absolute Gasteiger partial charge is 0.390 e. The molecule has 0 amide bonds. The van der Waals surface area contributed by atoms with E-state index in [4.69, 9.17) is 9.47 Å². The van der Waals surface area contributed by atoms with Crippen molar-refractivity contribution < 1.29 is 14.6 Å². The van der Waals surface area contributed by atoms with Crippen LogP contribution in [-0.2, 0) is 9.47 Å². The second-order valence-corrected chi connectivity index (χ2v) is 3.72. The molecule has 0 bridgehead atoms. The molecule has 1 rings (SSSR count). The van der Waals surface area contributed by atoms with Crippen molar-refractivity contribution in [1.29, 1.82) is 0 Å². The van der Waals surface area contributed by atoms with Crippen LogP contribution < -0.4 is 0 Å². The topological polar surface area (TPSA) is 38.7 Å². The Kier molecular flexibility index (Phi) is 3.09. The minimum absolute atomic E-state index is 0.139. The van der Waals surface area contributed by atoms with E-state index in [2.05, 4.69) is 0 Å². The lowest BCUT2D eigenvalue weighted by molar-refractivity contribution is -0.151. The first kappa shape index (κ1) is 9.96. The zero-order valence-electron chi connectivity index (χ0n) is 8.04. The highest BCUT2D eigenvalue weighted by molar-refractivity contribution is 4.76. The minimum atomic E-state index is -0.514. The van der Waals surface area contributed by atoms with Gasteiger partial charge in [-0.25, -0.2) is 0 Å². The van der Waals surface area contributed by atoms with Gasteiger partial charge in [0.05, 0.1) is 12.7 Å². The van der Waals surface area contributed by atoms with Gasteiger partial charge in [-0.2, -0.15) is 0 Å². The highest BCUT2D eigenvalue weighted by Crippen LogP contribution is 2.25. The summed E-state index contributed by atoms with van der Waals surface area (Å²) in [6, 6.07) is 0. The molecule has 3 heteroatoms. The van der Waals surface area contributed by atoms with Crippen LogP contribution in [0, 0.1) is 0 Å². The van der Waals surface area contributed by atoms with Crippen molar-refractivity contribution in [1.82, 2.24) is 0 Å². The molecular formula is C9H18O3. The summed E-state index contributed by atoms with van der Waals surface area (Å²) >= 11 is 0. The summed E-state index contributed by atoms with van der Waals surface area (Å²) < 4.78 is 10.8. The summed E-state index contributed by atoms with van der Waals surface area (Å²) in [5, 5.41) is 9.58. The second-order valence-electron chi connectivity index (χ2n) is 3.72. The Balaban J connectivity index is 2.36. The maximum Gasteiger partial charge on any atom is 0.163 e. The summed E-state index contributed by atoms with van der Waals surface area (Å²) in [6.07, 6.45) is 1.24. The molecule has 2 atom stereocenters. The summed E-state index contributed by atoms with van der Waals surface area (Å²) in [4.78, 5) is 0. The average molecular weight is 174 g/mol. The normalized spacial score (nSPS) is 30.5. The quantitative estimate of drug-likeness (QED) is 0.701. The predicted octanol–water partition coefficient (Wildman–Crippen LogP) is 1.30. The smallest absolute Gasteiger partial charge is 0.163 e. The number of ether oxygens (including phenoxy) is 2. The van der Waals surface area contributed by atoms with Crippen LogP contribution in [0.25, 0.3) is 0 Å². The molecule has 0 aromatic heterocycles. The Morgan fingerprint density at radius 2 is 2.25 bits per heavy atom. The number of hydrogen-bond donors (Lipinski definition) is 1. The molecule has 72 valence electrons. The Morgan fingerprint density at radius 3 is 2.67 bits per heavy atom. The fourth-order valence-electron chi connectivity index (χ4n) is 1.39. The molecule has 1 aliphatic heterocycles. The molecule has 1 saturated heterocycles. The first-order valence-electron chi connectivity index (χ1n) is 4.55. The number of hydrogen-bond acceptors (Lipinski definition) is 3. The molecule has 12 heavy (non-hydrogen) atoms. The molecule has 3 nitrogen and oxygen atoms in total. The number of rotatable bonds is 3. The van der Waals surface area contributed by atoms with Crippen molar-refractivity contribution in [2.24, 2.45) is 0 Å². The van der Waals surface area contributed by atoms with E-state index in [0.717, 1.165) is 12.8 Å². The van der Waals surface area contributed by atoms with Gasteiger partial charge >= 0.3 is 0 Å². The molecule has 0 aliphatic carbocycles. The zero-order chi connectivity index (χ0) is 9.19. The maximum atomic E-state index is 9.58. The van der Waals surface area contributed by atoms with Crippen LogP contribution in [0.2, 0.25) is 0 Å². The molecule has 1 N–H and O–H groups in total. The van der Waals surface area contributed by atoms with Crippen LogP contribution in [0.3, 0.4) is 0 Å². The molecule has 0 spiro atoms. The third-order valence-electron chi connectivity index (χ3n) is 2.04. The van der Waals surface area contributed by atoms with Crippen molar-refractivity contribution in [3.8, 4) is 0 Å². The SMILES string of the molecule is CCC[C@@H](O)[C@H]1COC(C)(C)O1. The summed E-state index contributed by atoms with van der Waals surface area (Å²) in [5.41, 5.74) is 0. The molecule has 1 fully saturated rings. The van der Waals surface area contributed by atoms with Crippen LogP contribution in [0.4, 0.5) is 0 Å². The van der Waals surface area contributed by atoms with Crippen molar-refractivity contribution in [2.45, 2.75) is 51.6 Å². The van der Waals surface area contributed by atoms with Gasteiger partial charge in [-0.3, -0.25) is 0 Å². The molecule has 0 unspecified atom stereocenters. The maximum absolute atomic E-state index is 9.58. The third-order valence-corrected chi connectivity index (χ3v) is 2.04. The Morgan fingerprint density at radius 1 is 1.58 bits per heavy atom. The lowest BCUT2D eigenvalue weighted by Crippen LogP contribution is -2.30. The van der Waals surface area contributed by atoms with Crippen LogP contribution in [0.5, 0.6) is 0 Å². The fraction of sp³-hybridized carbons (Fsp3) is 1.00. The lowest BCUT2D eigenvalue weighted by Gasteiger charge is -2.19. The summed E-state index contributed by atoms with van der Waals surface area (Å²) in [7, 11) is 0. The van der Waals surface area contributed by atoms with E-state index in [1.165, 1.54) is 0 Å². The van der Waals surface area contributed by atoms with Gasteiger partial charge < -0.3 is 14.6 Å². The molecule has 0 radical (unpaired) electrons. The monoisotopic (exact) mass is 174 g/mol. The molecule has 1 aliphatic rings. The van der Waals surface area contributed by atoms with Gasteiger partial charge in [-0.05, 0) is 20.3 Å². The number of aliphatic hydroxyl groups excluding tert-OH is 1. The van der Waals surface area contributed by atoms with Gasteiger partial charge in [0.1, 0.15) is 6.10 Å². The van der Waals surface area contributed by atoms with E-state index in [1.54, 1.807) is 0 Å². The van der Waals surface area contributed by atoms with E-state index >= 15 is 0 Å². The van der Waals surface area contributed by atoms with E-state index in [0.29, 0.717) is 6.61 Å². The van der Waals surface area contributed by atoms with Crippen molar-refractivity contribution >= 4 is 0 Å². The molecular weight excluding hydrogens is 156 g/mol. The zero-order valence-corrected chi connectivity index (χ0v) is 8.04. The van der Waals surface area contributed by atoms with Gasteiger partial charge in [0.15, 0.2) is 5.79 Å². The van der Waals surface area contributed by atoms with E-state index in [1.807, 2.05) is 20.8 Å². The van der Waals surface area contributed by atoms with Gasteiger partial charge in [0.2, 0.25) is 0 Å². The van der Waals surface area contributed by atoms with Gasteiger partial charge in [-0.1, -0.05) is 13.3 Å². The molecule has 0 saturated carbocycles. The van der Waals surface area contributed by atoms with Crippen LogP contribution in [0.1, 0.15) is 33.6 Å². The Labute approximate surface area is 73.7 Å². The average Bonchev–Trinajstić information content (AvgIpc) is 2.31. The summed E-state index contributed by atoms with van der Waals surface area (Å²) in [5.74, 6) is -0.514. The van der Waals surface area contributed by atoms with E-state index in [-0.39, 0.29) is 12.2 Å². The highest BCUT2D eigenvalue weighted by Gasteiger charge is 2.36. The second kappa shape index (κ2) is 3.73. The molecule has 0 aromatic carbocycles. The summed E-state index contributed by atoms with van der Waals surface area (Å²) in [6.45, 7) is 6.29. The standard InChI is InChI=1S/C9H18O3/c1-4-5-7(10)8-6-11-9(2,3)12-8/h7-8,10H,4-6H2,1-3H3/t7-,8-/m1/s1. The Hall–Kier alpha value is -0.120. The third kappa shape index (κ3) is 2.44. The van der Waals surface area contributed by atoms with Crippen LogP contribution in [-0.4, -0.2) is 29.7 Å². The molecule has 1 heterocycles. The van der Waals surface area contributed by atoms with E-state index in [9.17, 15) is 5.11 Å². The van der Waals surface area contributed by atoms with Crippen LogP contribution >= 0.6 is 0 Å². The van der Waals surface area contributed by atoms with Crippen molar-refractivity contribution in [3.05, 3.63) is 0 Å². The van der Waals surface area contributed by atoms with Gasteiger partial charge in [0.25, 0.3) is 0 Å². The van der Waals surface area contributed by atoms with Crippen molar-refractivity contribution in [2.75, 3.05) is 6.61 Å². The fourth-order valence-corrected chi connectivity index (χ4v) is 1.39. The Bertz CT molecular complexity index is 145. The number of aliphatic hydroxyl groups is 1. The van der Waals surface area contributed by atoms with Gasteiger partial charge in [-0.15, -0.1) is 0 Å². The first-order valence-corrected chi connectivity index (χ1v) is 4.55. The first-order chi connectivity index (χ1) is 5.55. The lowest BCUT2D eigenvalue weighted by atomic mass is 10.1. The highest BCUT2D eigenvalue weighted by atomic mass is 16.7. The minimum Gasteiger partial charge on any atom is -0.390 e. The molecule has 0 aromatic rings. The van der Waals surface area contributed by atoms with E-state index < -0.39 is 5.79 Å². The van der Waals surface area contributed by atoms with Crippen LogP contribution in [0.15, 0.2) is 0 Å².